The van der Waals surface area contributed by atoms with Gasteiger partial charge in [0.2, 0.25) is 0 Å². The minimum Gasteiger partial charge on any atom is -0.351 e. The van der Waals surface area contributed by atoms with Gasteiger partial charge in [-0.25, -0.2) is 4.98 Å². The van der Waals surface area contributed by atoms with Crippen LogP contribution in [-0.2, 0) is 0 Å². The van der Waals surface area contributed by atoms with Crippen molar-refractivity contribution in [3.8, 4) is 0 Å². The van der Waals surface area contributed by atoms with Crippen LogP contribution in [0, 0.1) is 11.8 Å². The van der Waals surface area contributed by atoms with E-state index in [0.717, 1.165) is 31.1 Å². The van der Waals surface area contributed by atoms with Gasteiger partial charge in [-0.05, 0) is 24.0 Å². The molecule has 5 nitrogen and oxygen atoms in total. The summed E-state index contributed by atoms with van der Waals surface area (Å²) in [5.74, 6) is 1.74. The molecule has 2 unspecified atom stereocenters. The molecule has 126 valence electrons. The van der Waals surface area contributed by atoms with E-state index >= 15 is 0 Å². The second-order valence-corrected chi connectivity index (χ2v) is 8.01. The van der Waals surface area contributed by atoms with E-state index in [9.17, 15) is 4.79 Å². The third-order valence-electron chi connectivity index (χ3n) is 4.57. The summed E-state index contributed by atoms with van der Waals surface area (Å²) in [5.41, 5.74) is -0.161. The summed E-state index contributed by atoms with van der Waals surface area (Å²) in [6.07, 6.45) is 1.69. The quantitative estimate of drug-likeness (QED) is 0.854. The van der Waals surface area contributed by atoms with Crippen LogP contribution in [0.4, 0.5) is 5.82 Å². The van der Waals surface area contributed by atoms with Crippen molar-refractivity contribution in [2.24, 2.45) is 11.8 Å². The van der Waals surface area contributed by atoms with Gasteiger partial charge in [-0.15, -0.1) is 0 Å². The second kappa shape index (κ2) is 6.59. The van der Waals surface area contributed by atoms with E-state index in [4.69, 9.17) is 23.2 Å². The fourth-order valence-corrected chi connectivity index (χ4v) is 4.67. The van der Waals surface area contributed by atoms with Crippen LogP contribution in [0.2, 0.25) is 10.0 Å². The molecule has 24 heavy (non-hydrogen) atoms. The lowest BCUT2D eigenvalue weighted by Gasteiger charge is -2.17. The van der Waals surface area contributed by atoms with E-state index in [2.05, 4.69) is 20.2 Å². The Morgan fingerprint density at radius 1 is 1.21 bits per heavy atom. The zero-order valence-corrected chi connectivity index (χ0v) is 15.1. The Labute approximate surface area is 153 Å². The molecule has 1 aromatic carbocycles. The van der Waals surface area contributed by atoms with E-state index < -0.39 is 0 Å². The number of aromatic amines is 1. The maximum absolute atomic E-state index is 12.4. The van der Waals surface area contributed by atoms with Crippen molar-refractivity contribution in [2.75, 3.05) is 31.1 Å². The molecule has 8 heteroatoms. The maximum atomic E-state index is 12.4. The monoisotopic (exact) mass is 382 g/mol. The molecule has 0 saturated carbocycles. The fraction of sp³-hybridized carbons (Fsp3) is 0.375. The van der Waals surface area contributed by atoms with Gasteiger partial charge in [0.1, 0.15) is 0 Å². The molecule has 3 heterocycles. The van der Waals surface area contributed by atoms with Crippen LogP contribution in [0.25, 0.3) is 0 Å². The molecular weight excluding hydrogens is 367 g/mol. The molecule has 1 aromatic heterocycles. The van der Waals surface area contributed by atoms with Gasteiger partial charge in [-0.3, -0.25) is 4.79 Å². The smallest absolute Gasteiger partial charge is 0.291 e. The molecule has 2 aromatic rings. The van der Waals surface area contributed by atoms with E-state index in [-0.39, 0.29) is 5.56 Å². The number of halogens is 2. The maximum Gasteiger partial charge on any atom is 0.291 e. The zero-order valence-electron chi connectivity index (χ0n) is 12.8. The first-order valence-corrected chi connectivity index (χ1v) is 9.36. The van der Waals surface area contributed by atoms with Crippen molar-refractivity contribution in [1.82, 2.24) is 15.3 Å². The fourth-order valence-electron chi connectivity index (χ4n) is 3.37. The predicted octanol–water partition coefficient (Wildman–Crippen LogP) is 2.88. The summed E-state index contributed by atoms with van der Waals surface area (Å²) in [5, 5.41) is 5.02. The van der Waals surface area contributed by atoms with Gasteiger partial charge in [0.05, 0.1) is 21.3 Å². The van der Waals surface area contributed by atoms with Crippen molar-refractivity contribution in [3.05, 3.63) is 44.8 Å². The zero-order chi connectivity index (χ0) is 16.7. The topological polar surface area (TPSA) is 61.0 Å². The number of rotatable bonds is 3. The third kappa shape index (κ3) is 3.04. The van der Waals surface area contributed by atoms with Crippen molar-refractivity contribution in [1.29, 1.82) is 0 Å². The molecule has 2 aliphatic heterocycles. The number of H-pyrrole nitrogens is 1. The Bertz CT molecular complexity index is 816. The van der Waals surface area contributed by atoms with E-state index in [1.54, 1.807) is 12.3 Å². The van der Waals surface area contributed by atoms with Crippen LogP contribution >= 0.6 is 35.0 Å². The second-order valence-electron chi connectivity index (χ2n) is 6.14. The molecule has 0 radical (unpaired) electrons. The third-order valence-corrected chi connectivity index (χ3v) is 6.49. The highest BCUT2D eigenvalue weighted by atomic mass is 35.5. The van der Waals surface area contributed by atoms with Gasteiger partial charge in [-0.2, -0.15) is 0 Å². The minimum absolute atomic E-state index is 0.161. The highest BCUT2D eigenvalue weighted by Gasteiger charge is 2.37. The van der Waals surface area contributed by atoms with Gasteiger partial charge in [0, 0.05) is 31.1 Å². The highest BCUT2D eigenvalue weighted by Crippen LogP contribution is 2.36. The van der Waals surface area contributed by atoms with Gasteiger partial charge in [0.15, 0.2) is 5.82 Å². The number of hydrogen-bond acceptors (Lipinski definition) is 5. The predicted molar refractivity (Wildman–Crippen MR) is 97.5 cm³/mol. The molecule has 0 amide bonds. The van der Waals surface area contributed by atoms with Gasteiger partial charge in [0.25, 0.3) is 5.56 Å². The molecule has 2 fully saturated rings. The van der Waals surface area contributed by atoms with E-state index in [1.165, 1.54) is 11.8 Å². The molecule has 0 spiro atoms. The number of nitrogens with one attached hydrogen (secondary N) is 2. The van der Waals surface area contributed by atoms with Gasteiger partial charge in [-0.1, -0.05) is 41.0 Å². The SMILES string of the molecule is O=c1[nH]c(Sc2cccc(Cl)c2Cl)cnc1N1CC2CNCC2C1. The molecule has 2 saturated heterocycles. The van der Waals surface area contributed by atoms with E-state index in [0.29, 0.717) is 32.7 Å². The lowest BCUT2D eigenvalue weighted by Crippen LogP contribution is -2.31. The standard InChI is InChI=1S/C16H16Cl2N4OS/c17-11-2-1-3-12(14(11)18)24-13-6-20-15(16(23)21-13)22-7-9-4-19-5-10(9)8-22/h1-3,6,9-10,19H,4-5,7-8H2,(H,21,23). The van der Waals surface area contributed by atoms with Crippen molar-refractivity contribution in [2.45, 2.75) is 9.92 Å². The summed E-state index contributed by atoms with van der Waals surface area (Å²) in [6.45, 7) is 3.83. The average molecular weight is 383 g/mol. The number of nitrogens with zero attached hydrogens (tertiary/aromatic N) is 2. The number of hydrogen-bond donors (Lipinski definition) is 2. The summed E-state index contributed by atoms with van der Waals surface area (Å²) in [4.78, 5) is 22.6. The summed E-state index contributed by atoms with van der Waals surface area (Å²) in [7, 11) is 0. The number of anilines is 1. The lowest BCUT2D eigenvalue weighted by molar-refractivity contribution is 0.533. The Morgan fingerprint density at radius 2 is 1.96 bits per heavy atom. The Balaban J connectivity index is 1.54. The Morgan fingerprint density at radius 3 is 2.67 bits per heavy atom. The molecule has 2 N–H and O–H groups in total. The molecule has 0 aliphatic carbocycles. The number of aromatic nitrogens is 2. The average Bonchev–Trinajstić information content (AvgIpc) is 3.13. The van der Waals surface area contributed by atoms with Crippen LogP contribution in [0.1, 0.15) is 0 Å². The molecule has 4 rings (SSSR count). The lowest BCUT2D eigenvalue weighted by atomic mass is 10.0. The summed E-state index contributed by atoms with van der Waals surface area (Å²) < 4.78 is 0. The first kappa shape index (κ1) is 16.3. The minimum atomic E-state index is -0.161. The van der Waals surface area contributed by atoms with Crippen LogP contribution in [0.3, 0.4) is 0 Å². The van der Waals surface area contributed by atoms with E-state index in [1.807, 2.05) is 12.1 Å². The van der Waals surface area contributed by atoms with Gasteiger partial charge < -0.3 is 15.2 Å². The first-order valence-electron chi connectivity index (χ1n) is 7.78. The molecule has 2 aliphatic rings. The van der Waals surface area contributed by atoms with Gasteiger partial charge >= 0.3 is 0 Å². The van der Waals surface area contributed by atoms with Crippen LogP contribution < -0.4 is 15.8 Å². The highest BCUT2D eigenvalue weighted by molar-refractivity contribution is 7.99. The molecule has 2 atom stereocenters. The largest absolute Gasteiger partial charge is 0.351 e. The number of benzene rings is 1. The summed E-state index contributed by atoms with van der Waals surface area (Å²) >= 11 is 13.6. The number of fused-ring (bicyclic) bond motifs is 1. The first-order chi connectivity index (χ1) is 11.6. The molecular formula is C16H16Cl2N4OS. The van der Waals surface area contributed by atoms with Crippen LogP contribution in [-0.4, -0.2) is 36.1 Å². The molecule has 0 bridgehead atoms. The van der Waals surface area contributed by atoms with Crippen LogP contribution in [0.5, 0.6) is 0 Å². The normalized spacial score (nSPS) is 22.8. The Kier molecular flexibility index (Phi) is 4.47. The summed E-state index contributed by atoms with van der Waals surface area (Å²) in [6, 6.07) is 5.42. The van der Waals surface area contributed by atoms with Crippen molar-refractivity contribution in [3.63, 3.8) is 0 Å². The van der Waals surface area contributed by atoms with Crippen molar-refractivity contribution >= 4 is 40.8 Å². The van der Waals surface area contributed by atoms with Crippen LogP contribution in [0.15, 0.2) is 39.1 Å². The van der Waals surface area contributed by atoms with Crippen molar-refractivity contribution < 1.29 is 0 Å². The Hall–Kier alpha value is -1.21.